The molecule has 1 aromatic heterocycles. The predicted molar refractivity (Wildman–Crippen MR) is 96.0 cm³/mol. The summed E-state index contributed by atoms with van der Waals surface area (Å²) >= 11 is 3.35. The lowest BCUT2D eigenvalue weighted by atomic mass is 10.2. The topological polar surface area (TPSA) is 116 Å². The Morgan fingerprint density at radius 3 is 2.92 bits per heavy atom. The van der Waals surface area contributed by atoms with Gasteiger partial charge in [-0.25, -0.2) is 13.4 Å². The first kappa shape index (κ1) is 16.9. The minimum absolute atomic E-state index is 0.127. The summed E-state index contributed by atoms with van der Waals surface area (Å²) in [6.45, 7) is -0.220. The van der Waals surface area contributed by atoms with Crippen LogP contribution < -0.4 is 15.4 Å². The first-order valence-corrected chi connectivity index (χ1v) is 9.67. The molecule has 1 atom stereocenters. The Balaban J connectivity index is 2.03. The van der Waals surface area contributed by atoms with Crippen LogP contribution in [0.1, 0.15) is 6.42 Å². The van der Waals surface area contributed by atoms with Gasteiger partial charge in [-0.2, -0.15) is 4.98 Å². The fourth-order valence-corrected chi connectivity index (χ4v) is 3.74. The van der Waals surface area contributed by atoms with Gasteiger partial charge < -0.3 is 15.7 Å². The maximum absolute atomic E-state index is 12.2. The smallest absolute Gasteiger partial charge is 0.232 e. The highest BCUT2D eigenvalue weighted by atomic mass is 79.9. The molecule has 1 unspecified atom stereocenters. The van der Waals surface area contributed by atoms with Gasteiger partial charge in [0.1, 0.15) is 5.82 Å². The summed E-state index contributed by atoms with van der Waals surface area (Å²) in [5, 5.41) is 15.6. The lowest BCUT2D eigenvalue weighted by Gasteiger charge is -2.18. The van der Waals surface area contributed by atoms with E-state index in [4.69, 9.17) is 0 Å². The van der Waals surface area contributed by atoms with Crippen LogP contribution in [0.5, 0.6) is 0 Å². The first-order chi connectivity index (χ1) is 11.4. The minimum atomic E-state index is -3.52. The highest BCUT2D eigenvalue weighted by molar-refractivity contribution is 9.10. The number of nitrogens with one attached hydrogen (secondary N) is 3. The van der Waals surface area contributed by atoms with Gasteiger partial charge in [0.05, 0.1) is 28.6 Å². The Hall–Kier alpha value is -1.91. The van der Waals surface area contributed by atoms with Crippen LogP contribution in [0.4, 0.5) is 23.1 Å². The van der Waals surface area contributed by atoms with E-state index in [-0.39, 0.29) is 18.8 Å². The number of sulfonamides is 1. The number of halogens is 1. The molecular weight excluding hydrogens is 398 g/mol. The largest absolute Gasteiger partial charge is 0.394 e. The molecule has 0 fully saturated rings. The van der Waals surface area contributed by atoms with Gasteiger partial charge in [-0.1, -0.05) is 6.07 Å². The molecule has 4 N–H and O–H groups in total. The summed E-state index contributed by atoms with van der Waals surface area (Å²) < 4.78 is 27.6. The van der Waals surface area contributed by atoms with Crippen molar-refractivity contribution in [2.24, 2.45) is 0 Å². The Labute approximate surface area is 147 Å². The summed E-state index contributed by atoms with van der Waals surface area (Å²) in [5.74, 6) is 0.710. The highest BCUT2D eigenvalue weighted by Gasteiger charge is 2.18. The Bertz CT molecular complexity index is 846. The molecule has 2 aromatic rings. The van der Waals surface area contributed by atoms with Crippen LogP contribution in [0.3, 0.4) is 0 Å². The fourth-order valence-electron chi connectivity index (χ4n) is 2.25. The van der Waals surface area contributed by atoms with Crippen molar-refractivity contribution in [3.63, 3.8) is 0 Å². The number of nitrogens with zero attached hydrogens (tertiary/aromatic N) is 2. The maximum atomic E-state index is 12.2. The summed E-state index contributed by atoms with van der Waals surface area (Å²) in [6, 6.07) is 6.39. The second-order valence-electron chi connectivity index (χ2n) is 5.33. The van der Waals surface area contributed by atoms with Gasteiger partial charge in [0.2, 0.25) is 16.0 Å². The Morgan fingerprint density at radius 2 is 2.12 bits per heavy atom. The lowest BCUT2D eigenvalue weighted by Crippen LogP contribution is -2.29. The number of rotatable bonds is 1. The molecule has 24 heavy (non-hydrogen) atoms. The number of hydrogen-bond acceptors (Lipinski definition) is 7. The van der Waals surface area contributed by atoms with Crippen molar-refractivity contribution >= 4 is 49.1 Å². The number of anilines is 4. The number of aliphatic hydroxyl groups excluding tert-OH is 1. The van der Waals surface area contributed by atoms with Crippen molar-refractivity contribution in [2.45, 2.75) is 12.5 Å². The first-order valence-electron chi connectivity index (χ1n) is 7.23. The average molecular weight is 414 g/mol. The third-order valence-electron chi connectivity index (χ3n) is 3.43. The van der Waals surface area contributed by atoms with Crippen LogP contribution >= 0.6 is 15.9 Å². The summed E-state index contributed by atoms with van der Waals surface area (Å²) in [6.07, 6.45) is 1.81. The number of hydrogen-bond donors (Lipinski definition) is 4. The van der Waals surface area contributed by atoms with E-state index in [1.807, 2.05) is 0 Å². The zero-order valence-corrected chi connectivity index (χ0v) is 14.9. The molecule has 0 saturated heterocycles. The van der Waals surface area contributed by atoms with Gasteiger partial charge >= 0.3 is 0 Å². The van der Waals surface area contributed by atoms with E-state index in [1.165, 1.54) is 0 Å². The van der Waals surface area contributed by atoms with Gasteiger partial charge in [0, 0.05) is 11.9 Å². The molecule has 4 bridgehead atoms. The summed E-state index contributed by atoms with van der Waals surface area (Å²) in [5.41, 5.74) is 1.10. The van der Waals surface area contributed by atoms with Gasteiger partial charge in [-0.3, -0.25) is 4.72 Å². The molecule has 0 spiro atoms. The molecule has 128 valence electrons. The number of aliphatic hydroxyl groups is 1. The molecule has 0 radical (unpaired) electrons. The SMILES string of the molecule is O=S1(=O)CCC(CO)Nc2nc(ncc2Br)Nc2cccc(c2)N1. The predicted octanol–water partition coefficient (Wildman–Crippen LogP) is 1.90. The van der Waals surface area contributed by atoms with Crippen LogP contribution in [-0.4, -0.2) is 41.9 Å². The number of fused-ring (bicyclic) bond motifs is 4. The Kier molecular flexibility index (Phi) is 4.88. The van der Waals surface area contributed by atoms with Crippen LogP contribution in [0.2, 0.25) is 0 Å². The molecule has 2 heterocycles. The van der Waals surface area contributed by atoms with Crippen molar-refractivity contribution in [1.82, 2.24) is 9.97 Å². The normalized spacial score (nSPS) is 19.5. The van der Waals surface area contributed by atoms with Gasteiger partial charge in [0.15, 0.2) is 0 Å². The Morgan fingerprint density at radius 1 is 1.33 bits per heavy atom. The zero-order valence-electron chi connectivity index (χ0n) is 12.5. The van der Waals surface area contributed by atoms with E-state index in [1.54, 1.807) is 30.5 Å². The number of aromatic nitrogens is 2. The van der Waals surface area contributed by atoms with Crippen LogP contribution in [-0.2, 0) is 10.0 Å². The third kappa shape index (κ3) is 4.13. The van der Waals surface area contributed by atoms with Gasteiger partial charge in [0.25, 0.3) is 0 Å². The molecule has 0 saturated carbocycles. The second kappa shape index (κ2) is 6.91. The van der Waals surface area contributed by atoms with Crippen molar-refractivity contribution in [3.05, 3.63) is 34.9 Å². The summed E-state index contributed by atoms with van der Waals surface area (Å²) in [7, 11) is -3.52. The second-order valence-corrected chi connectivity index (χ2v) is 8.03. The molecule has 1 aromatic carbocycles. The zero-order chi connectivity index (χ0) is 17.2. The van der Waals surface area contributed by atoms with Crippen molar-refractivity contribution in [2.75, 3.05) is 27.7 Å². The molecular formula is C14H16BrN5O3S. The van der Waals surface area contributed by atoms with Crippen LogP contribution in [0.25, 0.3) is 0 Å². The molecule has 0 aliphatic carbocycles. The van der Waals surface area contributed by atoms with E-state index in [9.17, 15) is 13.5 Å². The molecule has 10 heteroatoms. The monoisotopic (exact) mass is 413 g/mol. The standard InChI is InChI=1S/C14H16BrN5O3S/c15-12-7-16-14-18-9-2-1-3-10(6-9)20-24(22,23)5-4-11(8-21)17-13(12)19-14/h1-3,6-7,11,20-21H,4-5,8H2,(H2,16,17,18,19). The van der Waals surface area contributed by atoms with E-state index >= 15 is 0 Å². The number of benzene rings is 1. The van der Waals surface area contributed by atoms with E-state index < -0.39 is 16.1 Å². The van der Waals surface area contributed by atoms with E-state index in [0.717, 1.165) is 0 Å². The van der Waals surface area contributed by atoms with Crippen molar-refractivity contribution in [3.8, 4) is 0 Å². The van der Waals surface area contributed by atoms with E-state index in [2.05, 4.69) is 41.3 Å². The lowest BCUT2D eigenvalue weighted by molar-refractivity contribution is 0.272. The van der Waals surface area contributed by atoms with E-state index in [0.29, 0.717) is 27.6 Å². The average Bonchev–Trinajstić information content (AvgIpc) is 2.54. The maximum Gasteiger partial charge on any atom is 0.232 e. The van der Waals surface area contributed by atoms with Gasteiger partial charge in [-0.05, 0) is 40.5 Å². The molecule has 8 nitrogen and oxygen atoms in total. The molecule has 3 rings (SSSR count). The van der Waals surface area contributed by atoms with Crippen molar-refractivity contribution in [1.29, 1.82) is 0 Å². The summed E-state index contributed by atoms with van der Waals surface area (Å²) in [4.78, 5) is 8.55. The molecule has 1 aliphatic rings. The minimum Gasteiger partial charge on any atom is -0.394 e. The molecule has 0 amide bonds. The fraction of sp³-hybridized carbons (Fsp3) is 0.286. The quantitative estimate of drug-likeness (QED) is 0.563. The third-order valence-corrected chi connectivity index (χ3v) is 5.33. The van der Waals surface area contributed by atoms with Gasteiger partial charge in [-0.15, -0.1) is 0 Å². The molecule has 1 aliphatic heterocycles. The van der Waals surface area contributed by atoms with Crippen molar-refractivity contribution < 1.29 is 13.5 Å². The highest BCUT2D eigenvalue weighted by Crippen LogP contribution is 2.25. The van der Waals surface area contributed by atoms with Crippen LogP contribution in [0.15, 0.2) is 34.9 Å². The van der Waals surface area contributed by atoms with Crippen LogP contribution in [0, 0.1) is 0 Å².